The highest BCUT2D eigenvalue weighted by Crippen LogP contribution is 2.28. The number of methoxy groups -OCH3 is 1. The summed E-state index contributed by atoms with van der Waals surface area (Å²) in [6, 6.07) is 9.54. The molecule has 0 saturated heterocycles. The second-order valence-electron chi connectivity index (χ2n) is 4.19. The Bertz CT molecular complexity index is 694. The lowest BCUT2D eigenvalue weighted by atomic mass is 10.1. The van der Waals surface area contributed by atoms with Crippen molar-refractivity contribution in [2.45, 2.75) is 0 Å². The van der Waals surface area contributed by atoms with Gasteiger partial charge in [-0.25, -0.2) is 4.39 Å². The summed E-state index contributed by atoms with van der Waals surface area (Å²) in [6.07, 6.45) is 2.90. The van der Waals surface area contributed by atoms with Crippen LogP contribution in [-0.4, -0.2) is 12.9 Å². The van der Waals surface area contributed by atoms with E-state index in [9.17, 15) is 9.18 Å². The quantitative estimate of drug-likeness (QED) is 0.447. The number of allylic oxidation sites excluding steroid dienone is 1. The van der Waals surface area contributed by atoms with Crippen LogP contribution >= 0.6 is 23.2 Å². The van der Waals surface area contributed by atoms with E-state index in [1.54, 1.807) is 37.5 Å². The van der Waals surface area contributed by atoms with Crippen LogP contribution in [0.3, 0.4) is 0 Å². The third-order valence-corrected chi connectivity index (χ3v) is 3.52. The molecule has 0 radical (unpaired) electrons. The van der Waals surface area contributed by atoms with Gasteiger partial charge < -0.3 is 4.74 Å². The average molecular weight is 325 g/mol. The van der Waals surface area contributed by atoms with Gasteiger partial charge in [-0.1, -0.05) is 41.4 Å². The van der Waals surface area contributed by atoms with E-state index in [2.05, 4.69) is 0 Å². The third kappa shape index (κ3) is 3.63. The number of hydrogen-bond acceptors (Lipinski definition) is 2. The van der Waals surface area contributed by atoms with E-state index in [1.165, 1.54) is 12.1 Å². The normalized spacial score (nSPS) is 10.9. The lowest BCUT2D eigenvalue weighted by molar-refractivity contribution is 0.104. The molecule has 0 amide bonds. The fourth-order valence-corrected chi connectivity index (χ4v) is 2.28. The minimum absolute atomic E-state index is 0.0388. The Morgan fingerprint density at radius 2 is 1.81 bits per heavy atom. The molecular weight excluding hydrogens is 314 g/mol. The van der Waals surface area contributed by atoms with Crippen LogP contribution in [0.5, 0.6) is 5.75 Å². The highest BCUT2D eigenvalue weighted by molar-refractivity contribution is 6.40. The van der Waals surface area contributed by atoms with Crippen LogP contribution in [-0.2, 0) is 0 Å². The molecule has 0 fully saturated rings. The van der Waals surface area contributed by atoms with Crippen LogP contribution in [0.4, 0.5) is 4.39 Å². The van der Waals surface area contributed by atoms with Crippen molar-refractivity contribution in [3.8, 4) is 5.75 Å². The van der Waals surface area contributed by atoms with Gasteiger partial charge in [-0.2, -0.15) is 0 Å². The number of ether oxygens (including phenoxy) is 1. The highest BCUT2D eigenvalue weighted by atomic mass is 35.5. The Labute approximate surface area is 131 Å². The van der Waals surface area contributed by atoms with Crippen LogP contribution in [0.1, 0.15) is 15.9 Å². The highest BCUT2D eigenvalue weighted by Gasteiger charge is 2.15. The number of benzene rings is 2. The molecule has 0 aliphatic rings. The van der Waals surface area contributed by atoms with E-state index in [0.29, 0.717) is 0 Å². The van der Waals surface area contributed by atoms with Gasteiger partial charge in [0.05, 0.1) is 22.7 Å². The van der Waals surface area contributed by atoms with Crippen molar-refractivity contribution < 1.29 is 13.9 Å². The maximum absolute atomic E-state index is 13.4. The van der Waals surface area contributed by atoms with Crippen LogP contribution in [0.15, 0.2) is 42.5 Å². The summed E-state index contributed by atoms with van der Waals surface area (Å²) in [6.45, 7) is 0. The van der Waals surface area contributed by atoms with Gasteiger partial charge >= 0.3 is 0 Å². The fourth-order valence-electron chi connectivity index (χ4n) is 1.72. The summed E-state index contributed by atoms with van der Waals surface area (Å²) in [4.78, 5) is 12.1. The molecule has 0 bridgehead atoms. The van der Waals surface area contributed by atoms with Crippen molar-refractivity contribution in [2.75, 3.05) is 7.11 Å². The second kappa shape index (κ2) is 6.74. The Hall–Kier alpha value is -1.84. The van der Waals surface area contributed by atoms with Crippen molar-refractivity contribution in [1.29, 1.82) is 0 Å². The van der Waals surface area contributed by atoms with Crippen LogP contribution < -0.4 is 4.74 Å². The summed E-state index contributed by atoms with van der Waals surface area (Å²) >= 11 is 11.7. The number of carbonyl (C=O) groups excluding carboxylic acids is 1. The topological polar surface area (TPSA) is 26.3 Å². The van der Waals surface area contributed by atoms with E-state index >= 15 is 0 Å². The molecule has 0 aliphatic heterocycles. The largest absolute Gasteiger partial charge is 0.497 e. The standard InChI is InChI=1S/C16H11Cl2FO2/c1-21-11-5-2-10(3-6-11)4-9-14(20)15-12(17)7-8-13(19)16(15)18/h2-9H,1H3. The molecule has 0 aromatic heterocycles. The molecular formula is C16H11Cl2FO2. The molecule has 108 valence electrons. The smallest absolute Gasteiger partial charge is 0.188 e. The first-order valence-corrected chi connectivity index (χ1v) is 6.78. The molecule has 0 heterocycles. The van der Waals surface area contributed by atoms with Crippen molar-refractivity contribution >= 4 is 35.1 Å². The maximum Gasteiger partial charge on any atom is 0.188 e. The summed E-state index contributed by atoms with van der Waals surface area (Å²) in [7, 11) is 1.57. The molecule has 21 heavy (non-hydrogen) atoms. The van der Waals surface area contributed by atoms with Gasteiger partial charge in [0.15, 0.2) is 5.78 Å². The van der Waals surface area contributed by atoms with Gasteiger partial charge in [0.25, 0.3) is 0 Å². The van der Waals surface area contributed by atoms with Gasteiger partial charge in [-0.3, -0.25) is 4.79 Å². The Balaban J connectivity index is 2.25. The first-order chi connectivity index (χ1) is 10.0. The SMILES string of the molecule is COc1ccc(C=CC(=O)c2c(Cl)ccc(F)c2Cl)cc1. The number of carbonyl (C=O) groups is 1. The average Bonchev–Trinajstić information content (AvgIpc) is 2.50. The van der Waals surface area contributed by atoms with Crippen molar-refractivity contribution in [3.63, 3.8) is 0 Å². The first-order valence-electron chi connectivity index (χ1n) is 6.03. The number of ketones is 1. The lowest BCUT2D eigenvalue weighted by Crippen LogP contribution is -1.99. The maximum atomic E-state index is 13.4. The Morgan fingerprint density at radius 1 is 1.14 bits per heavy atom. The monoisotopic (exact) mass is 324 g/mol. The third-order valence-electron chi connectivity index (χ3n) is 2.83. The van der Waals surface area contributed by atoms with Gasteiger partial charge in [0, 0.05) is 0 Å². The zero-order chi connectivity index (χ0) is 15.4. The van der Waals surface area contributed by atoms with Gasteiger partial charge in [-0.05, 0) is 35.9 Å². The molecule has 2 rings (SSSR count). The molecule has 0 aliphatic carbocycles. The zero-order valence-electron chi connectivity index (χ0n) is 11.1. The van der Waals surface area contributed by atoms with Gasteiger partial charge in [0.2, 0.25) is 0 Å². The second-order valence-corrected chi connectivity index (χ2v) is 4.97. The van der Waals surface area contributed by atoms with E-state index in [-0.39, 0.29) is 15.6 Å². The van der Waals surface area contributed by atoms with E-state index in [4.69, 9.17) is 27.9 Å². The van der Waals surface area contributed by atoms with Gasteiger partial charge in [0.1, 0.15) is 11.6 Å². The summed E-state index contributed by atoms with van der Waals surface area (Å²) in [5.41, 5.74) is 0.760. The Morgan fingerprint density at radius 3 is 2.43 bits per heavy atom. The first kappa shape index (κ1) is 15.5. The van der Waals surface area contributed by atoms with Crippen molar-refractivity contribution in [2.24, 2.45) is 0 Å². The summed E-state index contributed by atoms with van der Waals surface area (Å²) in [5.74, 6) is -0.419. The van der Waals surface area contributed by atoms with Crippen LogP contribution in [0, 0.1) is 5.82 Å². The molecule has 5 heteroatoms. The zero-order valence-corrected chi connectivity index (χ0v) is 12.6. The van der Waals surface area contributed by atoms with Crippen LogP contribution in [0.25, 0.3) is 6.08 Å². The number of rotatable bonds is 4. The van der Waals surface area contributed by atoms with E-state index in [0.717, 1.165) is 17.4 Å². The van der Waals surface area contributed by atoms with Gasteiger partial charge in [-0.15, -0.1) is 0 Å². The number of halogens is 3. The molecule has 0 atom stereocenters. The molecule has 0 saturated carbocycles. The molecule has 0 spiro atoms. The predicted octanol–water partition coefficient (Wildman–Crippen LogP) is 5.04. The number of hydrogen-bond donors (Lipinski definition) is 0. The lowest BCUT2D eigenvalue weighted by Gasteiger charge is -2.04. The molecule has 0 unspecified atom stereocenters. The molecule has 0 N–H and O–H groups in total. The molecule has 2 aromatic carbocycles. The summed E-state index contributed by atoms with van der Waals surface area (Å²) in [5, 5.41) is -0.155. The molecule has 2 nitrogen and oxygen atoms in total. The fraction of sp³-hybridized carbons (Fsp3) is 0.0625. The molecule has 2 aromatic rings. The summed E-state index contributed by atoms with van der Waals surface area (Å²) < 4.78 is 18.4. The van der Waals surface area contributed by atoms with E-state index in [1.807, 2.05) is 0 Å². The minimum atomic E-state index is -0.678. The van der Waals surface area contributed by atoms with Crippen molar-refractivity contribution in [3.05, 3.63) is 69.5 Å². The minimum Gasteiger partial charge on any atom is -0.497 e. The Kier molecular flexibility index (Phi) is 4.99. The van der Waals surface area contributed by atoms with Crippen LogP contribution in [0.2, 0.25) is 10.0 Å². The van der Waals surface area contributed by atoms with E-state index < -0.39 is 11.6 Å². The predicted molar refractivity (Wildman–Crippen MR) is 82.8 cm³/mol. The van der Waals surface area contributed by atoms with Crippen molar-refractivity contribution in [1.82, 2.24) is 0 Å².